The van der Waals surface area contributed by atoms with Crippen LogP contribution in [0.15, 0.2) is 18.2 Å². The molecule has 3 rings (SSSR count). The Morgan fingerprint density at radius 2 is 2.00 bits per heavy atom. The van der Waals surface area contributed by atoms with Crippen LogP contribution in [0, 0.1) is 13.8 Å². The molecule has 1 aliphatic heterocycles. The summed E-state index contributed by atoms with van der Waals surface area (Å²) in [5.74, 6) is 1.47. The number of rotatable bonds is 4. The van der Waals surface area contributed by atoms with Crippen molar-refractivity contribution in [2.45, 2.75) is 33.2 Å². The summed E-state index contributed by atoms with van der Waals surface area (Å²) >= 11 is 0. The van der Waals surface area contributed by atoms with Crippen LogP contribution < -0.4 is 14.8 Å². The molecular weight excluding hydrogens is 306 g/mol. The van der Waals surface area contributed by atoms with Gasteiger partial charge in [-0.1, -0.05) is 6.07 Å². The first-order valence-corrected chi connectivity index (χ1v) is 8.13. The van der Waals surface area contributed by atoms with Gasteiger partial charge in [0.25, 0.3) is 0 Å². The largest absolute Gasteiger partial charge is 0.486 e. The molecule has 0 saturated carbocycles. The molecule has 1 N–H and O–H groups in total. The minimum absolute atomic E-state index is 0.0170. The van der Waals surface area contributed by atoms with Crippen molar-refractivity contribution in [1.29, 1.82) is 0 Å². The van der Waals surface area contributed by atoms with E-state index in [1.54, 1.807) is 0 Å². The molecule has 0 saturated heterocycles. The number of nitrogens with zero attached hydrogens (tertiary/aromatic N) is 2. The van der Waals surface area contributed by atoms with Gasteiger partial charge in [-0.3, -0.25) is 9.48 Å². The molecule has 0 radical (unpaired) electrons. The van der Waals surface area contributed by atoms with Crippen LogP contribution in [0.3, 0.4) is 0 Å². The normalized spacial score (nSPS) is 14.3. The predicted octanol–water partition coefficient (Wildman–Crippen LogP) is 2.23. The van der Waals surface area contributed by atoms with Crippen molar-refractivity contribution in [2.75, 3.05) is 13.2 Å². The molecule has 6 nitrogen and oxygen atoms in total. The lowest BCUT2D eigenvalue weighted by Gasteiger charge is -2.21. The molecule has 2 aromatic rings. The van der Waals surface area contributed by atoms with Gasteiger partial charge in [-0.25, -0.2) is 0 Å². The molecule has 128 valence electrons. The lowest BCUT2D eigenvalue weighted by Crippen LogP contribution is -2.28. The van der Waals surface area contributed by atoms with Gasteiger partial charge < -0.3 is 14.8 Å². The van der Waals surface area contributed by atoms with E-state index >= 15 is 0 Å². The Morgan fingerprint density at radius 1 is 1.29 bits per heavy atom. The van der Waals surface area contributed by atoms with E-state index in [-0.39, 0.29) is 11.9 Å². The van der Waals surface area contributed by atoms with E-state index in [0.717, 1.165) is 34.0 Å². The molecule has 1 aromatic carbocycles. The first-order valence-electron chi connectivity index (χ1n) is 8.13. The lowest BCUT2D eigenvalue weighted by atomic mass is 10.1. The van der Waals surface area contributed by atoms with Gasteiger partial charge in [-0.15, -0.1) is 0 Å². The maximum absolute atomic E-state index is 12.4. The van der Waals surface area contributed by atoms with Gasteiger partial charge >= 0.3 is 0 Å². The Bertz CT molecular complexity index is 767. The van der Waals surface area contributed by atoms with Gasteiger partial charge in [-0.05, 0) is 38.5 Å². The number of carbonyl (C=O) groups excluding carboxylic acids is 1. The number of aromatic nitrogens is 2. The lowest BCUT2D eigenvalue weighted by molar-refractivity contribution is -0.121. The quantitative estimate of drug-likeness (QED) is 0.934. The SMILES string of the molecule is Cc1nn(C)c(C)c1CC(=O)N[C@@H](C)c1ccc2c(c1)OCCO2. The van der Waals surface area contributed by atoms with Crippen LogP contribution in [0.2, 0.25) is 0 Å². The minimum Gasteiger partial charge on any atom is -0.486 e. The van der Waals surface area contributed by atoms with Crippen LogP contribution in [0.25, 0.3) is 0 Å². The molecule has 2 heterocycles. The third-order valence-electron chi connectivity index (χ3n) is 4.44. The molecule has 0 fully saturated rings. The van der Waals surface area contributed by atoms with Crippen LogP contribution in [0.5, 0.6) is 11.5 Å². The summed E-state index contributed by atoms with van der Waals surface area (Å²) in [5, 5.41) is 7.40. The number of ether oxygens (including phenoxy) is 2. The highest BCUT2D eigenvalue weighted by Gasteiger charge is 2.18. The molecule has 0 spiro atoms. The number of hydrogen-bond donors (Lipinski definition) is 1. The maximum Gasteiger partial charge on any atom is 0.225 e. The number of hydrogen-bond acceptors (Lipinski definition) is 4. The van der Waals surface area contributed by atoms with E-state index < -0.39 is 0 Å². The van der Waals surface area contributed by atoms with E-state index in [1.807, 2.05) is 50.7 Å². The monoisotopic (exact) mass is 329 g/mol. The summed E-state index contributed by atoms with van der Waals surface area (Å²) in [5.41, 5.74) is 3.91. The van der Waals surface area contributed by atoms with E-state index in [4.69, 9.17) is 9.47 Å². The van der Waals surface area contributed by atoms with Crippen LogP contribution in [-0.2, 0) is 18.3 Å². The van der Waals surface area contributed by atoms with Crippen LogP contribution >= 0.6 is 0 Å². The van der Waals surface area contributed by atoms with Crippen molar-refractivity contribution >= 4 is 5.91 Å². The average molecular weight is 329 g/mol. The van der Waals surface area contributed by atoms with Gasteiger partial charge in [0.15, 0.2) is 11.5 Å². The average Bonchev–Trinajstić information content (AvgIpc) is 2.80. The Labute approximate surface area is 141 Å². The standard InChI is InChI=1S/C18H23N3O3/c1-11(14-5-6-16-17(9-14)24-8-7-23-16)19-18(22)10-15-12(2)20-21(4)13(15)3/h5-6,9,11H,7-8,10H2,1-4H3,(H,19,22)/t11-/m0/s1. The number of fused-ring (bicyclic) bond motifs is 1. The number of carbonyl (C=O) groups is 1. The van der Waals surface area contributed by atoms with Crippen molar-refractivity contribution < 1.29 is 14.3 Å². The Kier molecular flexibility index (Phi) is 4.46. The third-order valence-corrected chi connectivity index (χ3v) is 4.44. The second-order valence-corrected chi connectivity index (χ2v) is 6.14. The molecule has 1 aromatic heterocycles. The van der Waals surface area contributed by atoms with Crippen molar-refractivity contribution in [1.82, 2.24) is 15.1 Å². The fraction of sp³-hybridized carbons (Fsp3) is 0.444. The highest BCUT2D eigenvalue weighted by atomic mass is 16.6. The van der Waals surface area contributed by atoms with E-state index in [1.165, 1.54) is 0 Å². The fourth-order valence-electron chi connectivity index (χ4n) is 2.94. The molecule has 0 aliphatic carbocycles. The molecule has 0 bridgehead atoms. The topological polar surface area (TPSA) is 65.4 Å². The highest BCUT2D eigenvalue weighted by Crippen LogP contribution is 2.32. The van der Waals surface area contributed by atoms with Crippen molar-refractivity contribution in [3.05, 3.63) is 40.7 Å². The zero-order chi connectivity index (χ0) is 17.3. The maximum atomic E-state index is 12.4. The van der Waals surface area contributed by atoms with Gasteiger partial charge in [-0.2, -0.15) is 5.10 Å². The van der Waals surface area contributed by atoms with Crippen LogP contribution in [-0.4, -0.2) is 28.9 Å². The highest BCUT2D eigenvalue weighted by molar-refractivity contribution is 5.79. The fourth-order valence-corrected chi connectivity index (χ4v) is 2.94. The summed E-state index contributed by atoms with van der Waals surface area (Å²) in [6, 6.07) is 5.67. The molecule has 1 amide bonds. The summed E-state index contributed by atoms with van der Waals surface area (Å²) in [7, 11) is 1.89. The molecular formula is C18H23N3O3. The smallest absolute Gasteiger partial charge is 0.225 e. The third kappa shape index (κ3) is 3.22. The zero-order valence-electron chi connectivity index (χ0n) is 14.5. The Hall–Kier alpha value is -2.50. The predicted molar refractivity (Wildman–Crippen MR) is 90.4 cm³/mol. The molecule has 0 unspecified atom stereocenters. The van der Waals surface area contributed by atoms with E-state index in [2.05, 4.69) is 10.4 Å². The van der Waals surface area contributed by atoms with Crippen molar-refractivity contribution in [3.8, 4) is 11.5 Å². The first-order chi connectivity index (χ1) is 11.5. The molecule has 24 heavy (non-hydrogen) atoms. The summed E-state index contributed by atoms with van der Waals surface area (Å²) in [6.07, 6.45) is 0.334. The first kappa shape index (κ1) is 16.4. The van der Waals surface area contributed by atoms with Crippen LogP contribution in [0.1, 0.15) is 35.5 Å². The van der Waals surface area contributed by atoms with Crippen molar-refractivity contribution in [2.24, 2.45) is 7.05 Å². The summed E-state index contributed by atoms with van der Waals surface area (Å²) < 4.78 is 12.9. The van der Waals surface area contributed by atoms with Gasteiger partial charge in [0.1, 0.15) is 13.2 Å². The van der Waals surface area contributed by atoms with Gasteiger partial charge in [0, 0.05) is 18.3 Å². The number of aryl methyl sites for hydroxylation is 2. The second kappa shape index (κ2) is 6.55. The zero-order valence-corrected chi connectivity index (χ0v) is 14.5. The summed E-state index contributed by atoms with van der Waals surface area (Å²) in [6.45, 7) is 7.00. The summed E-state index contributed by atoms with van der Waals surface area (Å²) in [4.78, 5) is 12.4. The number of benzene rings is 1. The molecule has 1 atom stereocenters. The van der Waals surface area contributed by atoms with Crippen molar-refractivity contribution in [3.63, 3.8) is 0 Å². The van der Waals surface area contributed by atoms with E-state index in [9.17, 15) is 4.79 Å². The second-order valence-electron chi connectivity index (χ2n) is 6.14. The van der Waals surface area contributed by atoms with Crippen LogP contribution in [0.4, 0.5) is 0 Å². The number of amides is 1. The van der Waals surface area contributed by atoms with E-state index in [0.29, 0.717) is 19.6 Å². The van der Waals surface area contributed by atoms with Gasteiger partial charge in [0.2, 0.25) is 5.91 Å². The Morgan fingerprint density at radius 3 is 2.67 bits per heavy atom. The number of nitrogens with one attached hydrogen (secondary N) is 1. The Balaban J connectivity index is 1.68. The minimum atomic E-state index is -0.106. The van der Waals surface area contributed by atoms with Gasteiger partial charge in [0.05, 0.1) is 18.2 Å². The molecule has 6 heteroatoms. The molecule has 1 aliphatic rings.